The van der Waals surface area contributed by atoms with Crippen LogP contribution in [0.1, 0.15) is 20.3 Å². The Morgan fingerprint density at radius 1 is 1.44 bits per heavy atom. The van der Waals surface area contributed by atoms with Gasteiger partial charge in [0, 0.05) is 32.7 Å². The monoisotopic (exact) mass is 225 g/mol. The van der Waals surface area contributed by atoms with Gasteiger partial charge in [-0.05, 0) is 13.3 Å². The van der Waals surface area contributed by atoms with Gasteiger partial charge in [0.05, 0.1) is 5.54 Å². The maximum atomic E-state index is 12.1. The first kappa shape index (κ1) is 13.2. The first-order valence-corrected chi connectivity index (χ1v) is 5.92. The molecule has 1 saturated heterocycles. The van der Waals surface area contributed by atoms with Crippen LogP contribution in [0.15, 0.2) is 12.7 Å². The van der Waals surface area contributed by atoms with Crippen molar-refractivity contribution in [1.82, 2.24) is 9.80 Å². The number of hydrogen-bond donors (Lipinski definition) is 1. The van der Waals surface area contributed by atoms with Gasteiger partial charge in [0.25, 0.3) is 0 Å². The Balaban J connectivity index is 2.47. The quantitative estimate of drug-likeness (QED) is 0.707. The molecule has 1 unspecified atom stereocenters. The molecule has 0 bridgehead atoms. The van der Waals surface area contributed by atoms with Crippen molar-refractivity contribution in [2.24, 2.45) is 5.73 Å². The molecule has 1 amide bonds. The Labute approximate surface area is 98.1 Å². The Bertz CT molecular complexity index is 255. The zero-order valence-electron chi connectivity index (χ0n) is 10.4. The molecule has 0 aromatic rings. The highest BCUT2D eigenvalue weighted by atomic mass is 16.2. The van der Waals surface area contributed by atoms with Gasteiger partial charge >= 0.3 is 0 Å². The average Bonchev–Trinajstić information content (AvgIpc) is 2.29. The van der Waals surface area contributed by atoms with Crippen molar-refractivity contribution in [3.63, 3.8) is 0 Å². The fourth-order valence-electron chi connectivity index (χ4n) is 1.83. The normalized spacial score (nSPS) is 21.6. The molecule has 0 saturated carbocycles. The predicted octanol–water partition coefficient (Wildman–Crippen LogP) is 0.444. The van der Waals surface area contributed by atoms with Crippen molar-refractivity contribution < 1.29 is 4.79 Å². The van der Waals surface area contributed by atoms with E-state index in [-0.39, 0.29) is 5.91 Å². The van der Waals surface area contributed by atoms with E-state index in [1.54, 1.807) is 0 Å². The van der Waals surface area contributed by atoms with Crippen molar-refractivity contribution in [2.45, 2.75) is 25.8 Å². The van der Waals surface area contributed by atoms with E-state index in [0.717, 1.165) is 32.7 Å². The first-order chi connectivity index (χ1) is 7.51. The topological polar surface area (TPSA) is 49.6 Å². The fraction of sp³-hybridized carbons (Fsp3) is 0.750. The van der Waals surface area contributed by atoms with Gasteiger partial charge in [-0.15, -0.1) is 6.58 Å². The van der Waals surface area contributed by atoms with Crippen molar-refractivity contribution in [1.29, 1.82) is 0 Å². The molecule has 1 rings (SSSR count). The second-order valence-corrected chi connectivity index (χ2v) is 4.65. The number of nitrogens with two attached hydrogens (primary N) is 1. The molecule has 1 aliphatic heterocycles. The summed E-state index contributed by atoms with van der Waals surface area (Å²) in [6, 6.07) is 0. The lowest BCUT2D eigenvalue weighted by molar-refractivity contribution is -0.138. The number of rotatable bonds is 4. The summed E-state index contributed by atoms with van der Waals surface area (Å²) in [5, 5.41) is 0. The summed E-state index contributed by atoms with van der Waals surface area (Å²) in [7, 11) is 0. The van der Waals surface area contributed by atoms with Crippen LogP contribution in [-0.2, 0) is 4.79 Å². The molecule has 4 nitrogen and oxygen atoms in total. The molecule has 1 atom stereocenters. The van der Waals surface area contributed by atoms with E-state index < -0.39 is 5.54 Å². The van der Waals surface area contributed by atoms with Crippen molar-refractivity contribution in [3.05, 3.63) is 12.7 Å². The number of piperazine rings is 1. The second kappa shape index (κ2) is 5.46. The number of nitrogens with zero attached hydrogens (tertiary/aromatic N) is 2. The lowest BCUT2D eigenvalue weighted by Gasteiger charge is -2.37. The SMILES string of the molecule is C=CCN1CCN(C(=O)C(C)(N)CC)CC1. The first-order valence-electron chi connectivity index (χ1n) is 5.92. The van der Waals surface area contributed by atoms with Gasteiger partial charge in [0.15, 0.2) is 0 Å². The zero-order valence-corrected chi connectivity index (χ0v) is 10.4. The Kier molecular flexibility index (Phi) is 4.50. The van der Waals surface area contributed by atoms with E-state index in [1.807, 2.05) is 24.8 Å². The Morgan fingerprint density at radius 3 is 2.44 bits per heavy atom. The summed E-state index contributed by atoms with van der Waals surface area (Å²) >= 11 is 0. The van der Waals surface area contributed by atoms with Gasteiger partial charge in [-0.2, -0.15) is 0 Å². The number of carbonyl (C=O) groups is 1. The summed E-state index contributed by atoms with van der Waals surface area (Å²) in [5.74, 6) is 0.0771. The van der Waals surface area contributed by atoms with Crippen LogP contribution < -0.4 is 5.73 Å². The molecular formula is C12H23N3O. The zero-order chi connectivity index (χ0) is 12.2. The number of carbonyl (C=O) groups excluding carboxylic acids is 1. The van der Waals surface area contributed by atoms with Crippen LogP contribution in [0.3, 0.4) is 0 Å². The predicted molar refractivity (Wildman–Crippen MR) is 66.1 cm³/mol. The van der Waals surface area contributed by atoms with Crippen LogP contribution in [0, 0.1) is 0 Å². The molecular weight excluding hydrogens is 202 g/mol. The molecule has 0 spiro atoms. The van der Waals surface area contributed by atoms with Crippen LogP contribution in [0.5, 0.6) is 0 Å². The molecule has 4 heteroatoms. The van der Waals surface area contributed by atoms with Crippen LogP contribution >= 0.6 is 0 Å². The Morgan fingerprint density at radius 2 is 2.00 bits per heavy atom. The highest BCUT2D eigenvalue weighted by molar-refractivity contribution is 5.85. The maximum absolute atomic E-state index is 12.1. The Hall–Kier alpha value is -0.870. The summed E-state index contributed by atoms with van der Waals surface area (Å²) in [6.07, 6.45) is 2.58. The van der Waals surface area contributed by atoms with E-state index in [1.165, 1.54) is 0 Å². The van der Waals surface area contributed by atoms with Gasteiger partial charge in [0.1, 0.15) is 0 Å². The minimum Gasteiger partial charge on any atom is -0.339 e. The molecule has 1 fully saturated rings. The lowest BCUT2D eigenvalue weighted by Crippen LogP contribution is -2.57. The van der Waals surface area contributed by atoms with Gasteiger partial charge in [-0.1, -0.05) is 13.0 Å². The van der Waals surface area contributed by atoms with E-state index >= 15 is 0 Å². The van der Waals surface area contributed by atoms with Crippen molar-refractivity contribution in [3.8, 4) is 0 Å². The second-order valence-electron chi connectivity index (χ2n) is 4.65. The highest BCUT2D eigenvalue weighted by Gasteiger charge is 2.32. The molecule has 1 heterocycles. The fourth-order valence-corrected chi connectivity index (χ4v) is 1.83. The van der Waals surface area contributed by atoms with Gasteiger partial charge < -0.3 is 10.6 Å². The third-order valence-corrected chi connectivity index (χ3v) is 3.27. The van der Waals surface area contributed by atoms with Crippen molar-refractivity contribution in [2.75, 3.05) is 32.7 Å². The molecule has 0 radical (unpaired) electrons. The summed E-state index contributed by atoms with van der Waals surface area (Å²) < 4.78 is 0. The van der Waals surface area contributed by atoms with Crippen LogP contribution in [0.25, 0.3) is 0 Å². The van der Waals surface area contributed by atoms with Gasteiger partial charge in [-0.3, -0.25) is 9.69 Å². The number of amides is 1. The summed E-state index contributed by atoms with van der Waals surface area (Å²) in [4.78, 5) is 16.2. The van der Waals surface area contributed by atoms with E-state index in [2.05, 4.69) is 11.5 Å². The van der Waals surface area contributed by atoms with Crippen LogP contribution in [-0.4, -0.2) is 54.0 Å². The smallest absolute Gasteiger partial charge is 0.242 e. The van der Waals surface area contributed by atoms with Gasteiger partial charge in [0.2, 0.25) is 5.91 Å². The molecule has 2 N–H and O–H groups in total. The molecule has 0 aromatic carbocycles. The van der Waals surface area contributed by atoms with Crippen LogP contribution in [0.4, 0.5) is 0 Å². The van der Waals surface area contributed by atoms with E-state index in [9.17, 15) is 4.79 Å². The minimum atomic E-state index is -0.708. The lowest BCUT2D eigenvalue weighted by atomic mass is 9.98. The molecule has 16 heavy (non-hydrogen) atoms. The van der Waals surface area contributed by atoms with E-state index in [4.69, 9.17) is 5.73 Å². The standard InChI is InChI=1S/C12H23N3O/c1-4-6-14-7-9-15(10-8-14)11(16)12(3,13)5-2/h4H,1,5-10,13H2,2-3H3. The third-order valence-electron chi connectivity index (χ3n) is 3.27. The van der Waals surface area contributed by atoms with Crippen LogP contribution in [0.2, 0.25) is 0 Å². The maximum Gasteiger partial charge on any atom is 0.242 e. The summed E-state index contributed by atoms with van der Waals surface area (Å²) in [5.41, 5.74) is 5.25. The van der Waals surface area contributed by atoms with Crippen molar-refractivity contribution >= 4 is 5.91 Å². The molecule has 92 valence electrons. The largest absolute Gasteiger partial charge is 0.339 e. The highest BCUT2D eigenvalue weighted by Crippen LogP contribution is 2.12. The summed E-state index contributed by atoms with van der Waals surface area (Å²) in [6.45, 7) is 11.8. The third kappa shape index (κ3) is 3.06. The average molecular weight is 225 g/mol. The van der Waals surface area contributed by atoms with Gasteiger partial charge in [-0.25, -0.2) is 0 Å². The molecule has 1 aliphatic rings. The molecule has 0 aromatic heterocycles. The minimum absolute atomic E-state index is 0.0771. The molecule has 0 aliphatic carbocycles. The number of hydrogen-bond acceptors (Lipinski definition) is 3. The van der Waals surface area contributed by atoms with E-state index in [0.29, 0.717) is 6.42 Å².